The summed E-state index contributed by atoms with van der Waals surface area (Å²) in [5.41, 5.74) is -2.09. The summed E-state index contributed by atoms with van der Waals surface area (Å²) in [6.45, 7) is 1.77. The summed E-state index contributed by atoms with van der Waals surface area (Å²) >= 11 is 0. The minimum Gasteiger partial charge on any atom is -0.480 e. The first-order valence-electron chi connectivity index (χ1n) is 7.12. The van der Waals surface area contributed by atoms with E-state index >= 15 is 0 Å². The van der Waals surface area contributed by atoms with E-state index < -0.39 is 29.4 Å². The molecule has 0 aromatic heterocycles. The Labute approximate surface area is 123 Å². The summed E-state index contributed by atoms with van der Waals surface area (Å²) < 4.78 is 5.12. The van der Waals surface area contributed by atoms with Crippen LogP contribution < -0.4 is 0 Å². The zero-order valence-corrected chi connectivity index (χ0v) is 12.0. The largest absolute Gasteiger partial charge is 0.480 e. The summed E-state index contributed by atoms with van der Waals surface area (Å²) in [6.07, 6.45) is 1.62. The van der Waals surface area contributed by atoms with Crippen molar-refractivity contribution in [3.63, 3.8) is 0 Å². The van der Waals surface area contributed by atoms with Crippen molar-refractivity contribution in [3.8, 4) is 0 Å². The van der Waals surface area contributed by atoms with Crippen LogP contribution in [0.5, 0.6) is 0 Å². The number of aliphatic hydroxyl groups excluding tert-OH is 1. The van der Waals surface area contributed by atoms with Gasteiger partial charge in [-0.1, -0.05) is 43.7 Å². The molecule has 5 nitrogen and oxygen atoms in total. The fourth-order valence-electron chi connectivity index (χ4n) is 2.86. The van der Waals surface area contributed by atoms with Gasteiger partial charge < -0.3 is 14.9 Å². The van der Waals surface area contributed by atoms with Gasteiger partial charge in [-0.25, -0.2) is 0 Å². The van der Waals surface area contributed by atoms with Crippen LogP contribution in [-0.2, 0) is 19.7 Å². The van der Waals surface area contributed by atoms with E-state index in [2.05, 4.69) is 0 Å². The van der Waals surface area contributed by atoms with Crippen molar-refractivity contribution < 1.29 is 24.5 Å². The van der Waals surface area contributed by atoms with Gasteiger partial charge in [0.05, 0.1) is 13.2 Å². The van der Waals surface area contributed by atoms with E-state index in [-0.39, 0.29) is 13.0 Å². The highest BCUT2D eigenvalue weighted by atomic mass is 16.5. The first kappa shape index (κ1) is 15.5. The third kappa shape index (κ3) is 2.31. The minimum absolute atomic E-state index is 0.0702. The Kier molecular flexibility index (Phi) is 4.32. The van der Waals surface area contributed by atoms with Crippen molar-refractivity contribution in [2.45, 2.75) is 31.6 Å². The Hall–Kier alpha value is -1.88. The van der Waals surface area contributed by atoms with Crippen molar-refractivity contribution in [1.82, 2.24) is 0 Å². The monoisotopic (exact) mass is 292 g/mol. The number of benzene rings is 1. The van der Waals surface area contributed by atoms with Crippen LogP contribution in [0.3, 0.4) is 0 Å². The van der Waals surface area contributed by atoms with E-state index in [9.17, 15) is 19.8 Å². The molecule has 1 aromatic rings. The molecule has 1 aliphatic rings. The van der Waals surface area contributed by atoms with Gasteiger partial charge in [0.25, 0.3) is 0 Å². The van der Waals surface area contributed by atoms with Gasteiger partial charge in [0.15, 0.2) is 5.41 Å². The Bertz CT molecular complexity index is 527. The molecule has 0 amide bonds. The number of carbonyl (C=O) groups excluding carboxylic acids is 1. The molecule has 0 saturated heterocycles. The van der Waals surface area contributed by atoms with E-state index in [0.29, 0.717) is 12.0 Å². The lowest BCUT2D eigenvalue weighted by atomic mass is 9.86. The molecule has 1 aromatic carbocycles. The van der Waals surface area contributed by atoms with Crippen LogP contribution >= 0.6 is 0 Å². The Morgan fingerprint density at radius 1 is 1.29 bits per heavy atom. The van der Waals surface area contributed by atoms with Crippen LogP contribution in [0, 0.1) is 5.41 Å². The summed E-state index contributed by atoms with van der Waals surface area (Å²) in [5, 5.41) is 19.3. The van der Waals surface area contributed by atoms with Crippen LogP contribution in [-0.4, -0.2) is 35.4 Å². The standard InChI is InChI=1S/C16H20O5/c1-2-3-9-21-14(20)16(13(18)19)10-15(16,11-17)12-7-5-4-6-8-12/h4-8,17H,2-3,9-11H2,1H3,(H,18,19). The molecule has 2 rings (SSSR count). The molecule has 1 fully saturated rings. The number of carboxylic acids is 1. The van der Waals surface area contributed by atoms with Crippen molar-refractivity contribution >= 4 is 11.9 Å². The van der Waals surface area contributed by atoms with E-state index in [4.69, 9.17) is 4.74 Å². The van der Waals surface area contributed by atoms with Gasteiger partial charge in [-0.2, -0.15) is 0 Å². The third-order valence-electron chi connectivity index (χ3n) is 4.30. The zero-order valence-electron chi connectivity index (χ0n) is 12.0. The first-order valence-corrected chi connectivity index (χ1v) is 7.12. The Morgan fingerprint density at radius 3 is 2.48 bits per heavy atom. The number of unbranched alkanes of at least 4 members (excludes halogenated alkanes) is 1. The van der Waals surface area contributed by atoms with E-state index in [0.717, 1.165) is 6.42 Å². The van der Waals surface area contributed by atoms with Crippen molar-refractivity contribution in [3.05, 3.63) is 35.9 Å². The molecule has 0 bridgehead atoms. The molecule has 0 spiro atoms. The Balaban J connectivity index is 2.29. The van der Waals surface area contributed by atoms with Gasteiger partial charge in [-0.3, -0.25) is 9.59 Å². The van der Waals surface area contributed by atoms with E-state index in [1.165, 1.54) is 0 Å². The third-order valence-corrected chi connectivity index (χ3v) is 4.30. The van der Waals surface area contributed by atoms with Gasteiger partial charge in [0, 0.05) is 5.41 Å². The maximum Gasteiger partial charge on any atom is 0.324 e. The second-order valence-corrected chi connectivity index (χ2v) is 5.48. The second kappa shape index (κ2) is 5.85. The molecule has 1 aliphatic carbocycles. The summed E-state index contributed by atoms with van der Waals surface area (Å²) in [5.74, 6) is -1.98. The normalized spacial score (nSPS) is 27.1. The highest BCUT2D eigenvalue weighted by molar-refractivity contribution is 6.06. The number of rotatable bonds is 7. The molecule has 0 radical (unpaired) electrons. The number of ether oxygens (including phenoxy) is 1. The first-order chi connectivity index (χ1) is 10.0. The number of carboxylic acid groups (broad SMARTS) is 1. The quantitative estimate of drug-likeness (QED) is 0.454. The molecule has 114 valence electrons. The van der Waals surface area contributed by atoms with Crippen molar-refractivity contribution in [1.29, 1.82) is 0 Å². The Morgan fingerprint density at radius 2 is 1.95 bits per heavy atom. The van der Waals surface area contributed by atoms with Crippen LogP contribution in [0.25, 0.3) is 0 Å². The lowest BCUT2D eigenvalue weighted by molar-refractivity contribution is -0.163. The number of carbonyl (C=O) groups is 2. The summed E-state index contributed by atoms with van der Waals surface area (Å²) in [4.78, 5) is 24.0. The highest BCUT2D eigenvalue weighted by Crippen LogP contribution is 2.65. The number of hydrogen-bond acceptors (Lipinski definition) is 4. The summed E-state index contributed by atoms with van der Waals surface area (Å²) in [7, 11) is 0. The molecule has 0 heterocycles. The molecule has 2 atom stereocenters. The fourth-order valence-corrected chi connectivity index (χ4v) is 2.86. The molecule has 0 aliphatic heterocycles. The van der Waals surface area contributed by atoms with Gasteiger partial charge in [-0.15, -0.1) is 0 Å². The average molecular weight is 292 g/mol. The molecule has 21 heavy (non-hydrogen) atoms. The van der Waals surface area contributed by atoms with E-state index in [1.54, 1.807) is 30.3 Å². The smallest absolute Gasteiger partial charge is 0.324 e. The fraction of sp³-hybridized carbons (Fsp3) is 0.500. The van der Waals surface area contributed by atoms with Crippen molar-refractivity contribution in [2.75, 3.05) is 13.2 Å². The number of aliphatic hydroxyl groups is 1. The van der Waals surface area contributed by atoms with Gasteiger partial charge >= 0.3 is 11.9 Å². The molecule has 1 saturated carbocycles. The van der Waals surface area contributed by atoms with Gasteiger partial charge in [-0.05, 0) is 18.4 Å². The van der Waals surface area contributed by atoms with Crippen LogP contribution in [0.15, 0.2) is 30.3 Å². The predicted molar refractivity (Wildman–Crippen MR) is 75.8 cm³/mol. The van der Waals surface area contributed by atoms with Gasteiger partial charge in [0.1, 0.15) is 0 Å². The maximum absolute atomic E-state index is 12.3. The lowest BCUT2D eigenvalue weighted by Gasteiger charge is -2.20. The minimum atomic E-state index is -1.67. The average Bonchev–Trinajstić information content (AvgIpc) is 3.20. The molecular weight excluding hydrogens is 272 g/mol. The number of esters is 1. The number of aliphatic carboxylic acids is 1. The summed E-state index contributed by atoms with van der Waals surface area (Å²) in [6, 6.07) is 8.81. The number of hydrogen-bond donors (Lipinski definition) is 2. The molecular formula is C16H20O5. The second-order valence-electron chi connectivity index (χ2n) is 5.48. The molecule has 2 N–H and O–H groups in total. The maximum atomic E-state index is 12.3. The van der Waals surface area contributed by atoms with Crippen LogP contribution in [0.4, 0.5) is 0 Å². The molecule has 5 heteroatoms. The van der Waals surface area contributed by atoms with E-state index in [1.807, 2.05) is 6.92 Å². The van der Waals surface area contributed by atoms with Crippen molar-refractivity contribution in [2.24, 2.45) is 5.41 Å². The van der Waals surface area contributed by atoms with Crippen LogP contribution in [0.2, 0.25) is 0 Å². The lowest BCUT2D eigenvalue weighted by Crippen LogP contribution is -2.37. The SMILES string of the molecule is CCCCOC(=O)C1(C(=O)O)CC1(CO)c1ccccc1. The molecule has 2 unspecified atom stereocenters. The zero-order chi connectivity index (χ0) is 15.5. The highest BCUT2D eigenvalue weighted by Gasteiger charge is 2.78. The van der Waals surface area contributed by atoms with Crippen LogP contribution in [0.1, 0.15) is 31.7 Å². The topological polar surface area (TPSA) is 83.8 Å². The predicted octanol–water partition coefficient (Wildman–Crippen LogP) is 1.73. The van der Waals surface area contributed by atoms with Gasteiger partial charge in [0.2, 0.25) is 0 Å².